The van der Waals surface area contributed by atoms with Gasteiger partial charge in [0.1, 0.15) is 5.75 Å². The second-order valence-corrected chi connectivity index (χ2v) is 5.28. The summed E-state index contributed by atoms with van der Waals surface area (Å²) in [4.78, 5) is 4.38. The molecule has 0 amide bonds. The van der Waals surface area contributed by atoms with E-state index < -0.39 is 0 Å². The summed E-state index contributed by atoms with van der Waals surface area (Å²) in [6, 6.07) is 8.18. The lowest BCUT2D eigenvalue weighted by atomic mass is 9.86. The minimum absolute atomic E-state index is 0.567. The summed E-state index contributed by atoms with van der Waals surface area (Å²) in [6.45, 7) is 4.37. The summed E-state index contributed by atoms with van der Waals surface area (Å²) in [6.07, 6.45) is 4.88. The maximum atomic E-state index is 5.86. The first-order chi connectivity index (χ1) is 9.78. The molecule has 20 heavy (non-hydrogen) atoms. The first-order valence-corrected chi connectivity index (χ1v) is 7.53. The van der Waals surface area contributed by atoms with Crippen molar-refractivity contribution in [1.82, 2.24) is 5.32 Å². The minimum atomic E-state index is 0.567. The molecule has 0 bridgehead atoms. The Bertz CT molecular complexity index is 441. The standard InChI is InChI=1S/C16H25N3O/c1-2-20-15-8-4-5-13(11-15)9-10-18-16(17)19-12-14-6-3-7-14/h4-5,8,11,14H,2-3,6-7,9-10,12H2,1H3,(H3,17,18,19). The molecular weight excluding hydrogens is 250 g/mol. The lowest BCUT2D eigenvalue weighted by Gasteiger charge is -2.23. The summed E-state index contributed by atoms with van der Waals surface area (Å²) in [5.74, 6) is 2.26. The summed E-state index contributed by atoms with van der Waals surface area (Å²) in [5.41, 5.74) is 7.10. The topological polar surface area (TPSA) is 59.6 Å². The Hall–Kier alpha value is -1.71. The molecule has 0 atom stereocenters. The van der Waals surface area contributed by atoms with Crippen LogP contribution in [-0.2, 0) is 6.42 Å². The van der Waals surface area contributed by atoms with Crippen molar-refractivity contribution >= 4 is 5.96 Å². The van der Waals surface area contributed by atoms with Crippen molar-refractivity contribution in [2.24, 2.45) is 16.6 Å². The van der Waals surface area contributed by atoms with Crippen LogP contribution in [0.5, 0.6) is 5.75 Å². The number of nitrogens with one attached hydrogen (secondary N) is 1. The molecule has 4 nitrogen and oxygen atoms in total. The van der Waals surface area contributed by atoms with Crippen LogP contribution in [0.3, 0.4) is 0 Å². The fraction of sp³-hybridized carbons (Fsp3) is 0.562. The highest BCUT2D eigenvalue weighted by atomic mass is 16.5. The van der Waals surface area contributed by atoms with Crippen LogP contribution in [0, 0.1) is 5.92 Å². The van der Waals surface area contributed by atoms with E-state index in [-0.39, 0.29) is 0 Å². The first kappa shape index (κ1) is 14.7. The van der Waals surface area contributed by atoms with Crippen LogP contribution in [0.2, 0.25) is 0 Å². The highest BCUT2D eigenvalue weighted by Crippen LogP contribution is 2.26. The van der Waals surface area contributed by atoms with Crippen LogP contribution in [0.15, 0.2) is 29.3 Å². The van der Waals surface area contributed by atoms with E-state index in [0.29, 0.717) is 12.6 Å². The van der Waals surface area contributed by atoms with Gasteiger partial charge >= 0.3 is 0 Å². The Morgan fingerprint density at radius 2 is 2.30 bits per heavy atom. The number of rotatable bonds is 7. The van der Waals surface area contributed by atoms with Gasteiger partial charge in [0.15, 0.2) is 5.96 Å². The fourth-order valence-corrected chi connectivity index (χ4v) is 2.25. The maximum Gasteiger partial charge on any atom is 0.188 e. The smallest absolute Gasteiger partial charge is 0.188 e. The highest BCUT2D eigenvalue weighted by Gasteiger charge is 2.16. The second kappa shape index (κ2) is 7.78. The van der Waals surface area contributed by atoms with E-state index in [1.54, 1.807) is 0 Å². The molecule has 1 fully saturated rings. The zero-order valence-electron chi connectivity index (χ0n) is 12.3. The Labute approximate surface area is 121 Å². The van der Waals surface area contributed by atoms with Crippen LogP contribution in [0.4, 0.5) is 0 Å². The summed E-state index contributed by atoms with van der Waals surface area (Å²) in [7, 11) is 0. The van der Waals surface area contributed by atoms with Crippen molar-refractivity contribution in [3.63, 3.8) is 0 Å². The summed E-state index contributed by atoms with van der Waals surface area (Å²) < 4.78 is 5.49. The molecule has 0 unspecified atom stereocenters. The van der Waals surface area contributed by atoms with E-state index >= 15 is 0 Å². The van der Waals surface area contributed by atoms with E-state index in [4.69, 9.17) is 10.5 Å². The zero-order chi connectivity index (χ0) is 14.2. The van der Waals surface area contributed by atoms with E-state index in [2.05, 4.69) is 22.4 Å². The predicted octanol–water partition coefficient (Wildman–Crippen LogP) is 2.33. The average Bonchev–Trinajstić information content (AvgIpc) is 2.38. The van der Waals surface area contributed by atoms with Gasteiger partial charge in [-0.15, -0.1) is 0 Å². The van der Waals surface area contributed by atoms with Crippen LogP contribution < -0.4 is 15.8 Å². The third kappa shape index (κ3) is 4.76. The average molecular weight is 275 g/mol. The fourth-order valence-electron chi connectivity index (χ4n) is 2.25. The lowest BCUT2D eigenvalue weighted by molar-refractivity contribution is 0.326. The molecule has 0 aliphatic heterocycles. The molecule has 1 aliphatic rings. The largest absolute Gasteiger partial charge is 0.494 e. The van der Waals surface area contributed by atoms with E-state index in [1.165, 1.54) is 24.8 Å². The Morgan fingerprint density at radius 3 is 3.00 bits per heavy atom. The molecule has 0 heterocycles. The number of ether oxygens (including phenoxy) is 1. The van der Waals surface area contributed by atoms with Crippen LogP contribution in [0.1, 0.15) is 31.7 Å². The molecule has 0 saturated heterocycles. The quantitative estimate of drug-likeness (QED) is 0.593. The van der Waals surface area contributed by atoms with Gasteiger partial charge in [-0.1, -0.05) is 18.6 Å². The number of nitrogens with two attached hydrogens (primary N) is 1. The SMILES string of the molecule is CCOc1cccc(CCNC(N)=NCC2CCC2)c1. The van der Waals surface area contributed by atoms with Gasteiger partial charge in [-0.3, -0.25) is 4.99 Å². The Morgan fingerprint density at radius 1 is 1.45 bits per heavy atom. The van der Waals surface area contributed by atoms with Crippen molar-refractivity contribution in [1.29, 1.82) is 0 Å². The molecule has 0 aromatic heterocycles. The van der Waals surface area contributed by atoms with Gasteiger partial charge in [0.2, 0.25) is 0 Å². The number of hydrogen-bond acceptors (Lipinski definition) is 2. The van der Waals surface area contributed by atoms with Crippen molar-refractivity contribution in [2.45, 2.75) is 32.6 Å². The molecule has 1 aromatic rings. The van der Waals surface area contributed by atoms with Crippen LogP contribution in [0.25, 0.3) is 0 Å². The monoisotopic (exact) mass is 275 g/mol. The molecule has 0 spiro atoms. The molecule has 0 radical (unpaired) electrons. The van der Waals surface area contributed by atoms with Crippen LogP contribution >= 0.6 is 0 Å². The summed E-state index contributed by atoms with van der Waals surface area (Å²) in [5, 5.41) is 3.17. The first-order valence-electron chi connectivity index (χ1n) is 7.53. The van der Waals surface area contributed by atoms with Gasteiger partial charge in [0.25, 0.3) is 0 Å². The van der Waals surface area contributed by atoms with Gasteiger partial charge < -0.3 is 15.8 Å². The van der Waals surface area contributed by atoms with Gasteiger partial charge in [-0.05, 0) is 49.8 Å². The molecule has 1 aromatic carbocycles. The number of hydrogen-bond donors (Lipinski definition) is 2. The molecular formula is C16H25N3O. The molecule has 1 aliphatic carbocycles. The van der Waals surface area contributed by atoms with Gasteiger partial charge in [-0.25, -0.2) is 0 Å². The molecule has 2 rings (SSSR count). The lowest BCUT2D eigenvalue weighted by Crippen LogP contribution is -2.34. The highest BCUT2D eigenvalue weighted by molar-refractivity contribution is 5.77. The van der Waals surface area contributed by atoms with Gasteiger partial charge in [0, 0.05) is 13.1 Å². The number of guanidine groups is 1. The normalized spacial score (nSPS) is 15.8. The Balaban J connectivity index is 1.70. The second-order valence-electron chi connectivity index (χ2n) is 5.28. The third-order valence-electron chi connectivity index (χ3n) is 3.67. The summed E-state index contributed by atoms with van der Waals surface area (Å²) >= 11 is 0. The van der Waals surface area contributed by atoms with Crippen LogP contribution in [-0.4, -0.2) is 25.7 Å². The van der Waals surface area contributed by atoms with E-state index in [0.717, 1.165) is 31.2 Å². The van der Waals surface area contributed by atoms with E-state index in [1.807, 2.05) is 19.1 Å². The van der Waals surface area contributed by atoms with Crippen molar-refractivity contribution in [2.75, 3.05) is 19.7 Å². The third-order valence-corrected chi connectivity index (χ3v) is 3.67. The number of benzene rings is 1. The maximum absolute atomic E-state index is 5.86. The zero-order valence-corrected chi connectivity index (χ0v) is 12.3. The number of nitrogens with zero attached hydrogens (tertiary/aromatic N) is 1. The van der Waals surface area contributed by atoms with Crippen molar-refractivity contribution < 1.29 is 4.74 Å². The molecule has 3 N–H and O–H groups in total. The van der Waals surface area contributed by atoms with Gasteiger partial charge in [0.05, 0.1) is 6.61 Å². The minimum Gasteiger partial charge on any atom is -0.494 e. The van der Waals surface area contributed by atoms with Crippen molar-refractivity contribution in [3.8, 4) is 5.75 Å². The van der Waals surface area contributed by atoms with Crippen molar-refractivity contribution in [3.05, 3.63) is 29.8 Å². The molecule has 4 heteroatoms. The molecule has 1 saturated carbocycles. The number of aliphatic imine (C=N–C) groups is 1. The Kier molecular flexibility index (Phi) is 5.71. The molecule has 110 valence electrons. The van der Waals surface area contributed by atoms with Gasteiger partial charge in [-0.2, -0.15) is 0 Å². The van der Waals surface area contributed by atoms with E-state index in [9.17, 15) is 0 Å². The predicted molar refractivity (Wildman–Crippen MR) is 83.1 cm³/mol.